The van der Waals surface area contributed by atoms with Crippen molar-refractivity contribution in [3.05, 3.63) is 187 Å². The smallest absolute Gasteiger partial charge is 0.248 e. The molecule has 14 heteroatoms. The Kier molecular flexibility index (Phi) is 14.7. The van der Waals surface area contributed by atoms with E-state index in [9.17, 15) is 9.90 Å². The van der Waals surface area contributed by atoms with Crippen LogP contribution in [0.25, 0.3) is 0 Å². The molecule has 1 aromatic heterocycles. The van der Waals surface area contributed by atoms with Crippen molar-refractivity contribution < 1.29 is 24.1 Å². The van der Waals surface area contributed by atoms with Gasteiger partial charge in [-0.2, -0.15) is 0 Å². The number of carbonyl (C=O) groups excluding carboxylic acids is 1. The average molecular weight is 954 g/mol. The summed E-state index contributed by atoms with van der Waals surface area (Å²) in [7, 11) is 5.60. The van der Waals surface area contributed by atoms with Gasteiger partial charge in [-0.1, -0.05) is 113 Å². The topological polar surface area (TPSA) is 102 Å². The molecule has 5 aromatic carbocycles. The van der Waals surface area contributed by atoms with Gasteiger partial charge in [-0.25, -0.2) is 4.98 Å². The molecule has 1 N–H and O–H groups in total. The third-order valence-corrected chi connectivity index (χ3v) is 13.2. The van der Waals surface area contributed by atoms with Crippen LogP contribution in [0, 0.1) is 0 Å². The van der Waals surface area contributed by atoms with Crippen LogP contribution < -0.4 is 14.4 Å². The quantitative estimate of drug-likeness (QED) is 0.152. The van der Waals surface area contributed by atoms with E-state index in [0.29, 0.717) is 39.7 Å². The van der Waals surface area contributed by atoms with E-state index in [4.69, 9.17) is 60.6 Å². The second-order valence-electron chi connectivity index (χ2n) is 16.4. The number of ether oxygens (including phenoxy) is 3. The van der Waals surface area contributed by atoms with E-state index < -0.39 is 6.10 Å². The first kappa shape index (κ1) is 46.4. The number of carbonyl (C=O) groups is 1. The molecule has 4 heterocycles. The monoisotopic (exact) mass is 951 g/mol. The van der Waals surface area contributed by atoms with E-state index in [1.807, 2.05) is 102 Å². The molecular formula is C51H49Cl4N5O5. The van der Waals surface area contributed by atoms with Gasteiger partial charge in [-0.3, -0.25) is 9.79 Å². The van der Waals surface area contributed by atoms with Gasteiger partial charge in [0.2, 0.25) is 5.91 Å². The third-order valence-electron chi connectivity index (χ3n) is 12.1. The molecule has 10 rings (SSSR count). The van der Waals surface area contributed by atoms with Crippen molar-refractivity contribution in [2.24, 2.45) is 4.99 Å². The SMILES string of the molecule is CN1C(=O)CN=C(c2ccccc2)c2cc(Cl)ccc21.COc1ccc2c3c1O[C@H]1C[C@@H](O)C=C[C@@]31CCN(C)C2.Clc1ccc(COC(Cn2ccnc2)c2ccc(Cl)cc2Cl)cc1. The number of imidazole rings is 1. The van der Waals surface area contributed by atoms with Gasteiger partial charge in [0.05, 0.1) is 49.5 Å². The number of aliphatic hydroxyl groups is 1. The fraction of sp³-hybridized carbons (Fsp3) is 0.275. The van der Waals surface area contributed by atoms with Crippen LogP contribution in [0.5, 0.6) is 11.5 Å². The van der Waals surface area contributed by atoms with Crippen LogP contribution in [-0.2, 0) is 34.6 Å². The van der Waals surface area contributed by atoms with Gasteiger partial charge in [-0.15, -0.1) is 0 Å². The Morgan fingerprint density at radius 2 is 1.68 bits per heavy atom. The average Bonchev–Trinajstić information content (AvgIpc) is 3.88. The molecule has 1 unspecified atom stereocenters. The zero-order valence-electron chi connectivity index (χ0n) is 36.2. The highest BCUT2D eigenvalue weighted by Crippen LogP contribution is 2.55. The number of hydrogen-bond acceptors (Lipinski definition) is 8. The summed E-state index contributed by atoms with van der Waals surface area (Å²) in [4.78, 5) is 24.6. The summed E-state index contributed by atoms with van der Waals surface area (Å²) < 4.78 is 19.8. The highest BCUT2D eigenvalue weighted by molar-refractivity contribution is 6.35. The van der Waals surface area contributed by atoms with Crippen LogP contribution in [0.4, 0.5) is 5.69 Å². The van der Waals surface area contributed by atoms with Crippen molar-refractivity contribution in [3.8, 4) is 11.5 Å². The number of benzene rings is 5. The number of rotatable bonds is 8. The number of hydrogen-bond donors (Lipinski definition) is 1. The molecule has 6 aromatic rings. The van der Waals surface area contributed by atoms with E-state index in [0.717, 1.165) is 64.7 Å². The molecule has 1 spiro atoms. The third kappa shape index (κ3) is 10.5. The van der Waals surface area contributed by atoms with Gasteiger partial charge in [0, 0.05) is 74.8 Å². The number of amides is 1. The lowest BCUT2D eigenvalue weighted by atomic mass is 9.69. The fourth-order valence-electron chi connectivity index (χ4n) is 8.75. The minimum atomic E-state index is -0.412. The van der Waals surface area contributed by atoms with Crippen molar-refractivity contribution in [2.75, 3.05) is 39.2 Å². The number of benzodiazepines with no additional fused rings is 1. The fourth-order valence-corrected chi connectivity index (χ4v) is 9.58. The Balaban J connectivity index is 0.000000133. The number of halogens is 4. The summed E-state index contributed by atoms with van der Waals surface area (Å²) in [5.41, 5.74) is 7.93. The Hall–Kier alpha value is -5.17. The van der Waals surface area contributed by atoms with Gasteiger partial charge < -0.3 is 33.7 Å². The minimum Gasteiger partial charge on any atom is -0.493 e. The predicted molar refractivity (Wildman–Crippen MR) is 259 cm³/mol. The highest BCUT2D eigenvalue weighted by atomic mass is 35.5. The van der Waals surface area contributed by atoms with E-state index >= 15 is 0 Å². The first-order valence-corrected chi connectivity index (χ1v) is 22.8. The van der Waals surface area contributed by atoms with Crippen molar-refractivity contribution in [1.82, 2.24) is 14.5 Å². The largest absolute Gasteiger partial charge is 0.493 e. The standard InChI is InChI=1S/C18H15Cl3N2O.C17H21NO3.C16H13ClN2O/c19-14-3-1-13(2-4-14)11-24-18(10-23-8-7-22-12-23)16-6-5-15(20)9-17(16)21;1-18-8-7-17-6-5-12(19)9-14(17)21-16-13(20-2)4-3-11(10-18)15(16)17;1-19-14-8-7-12(17)9-13(14)16(18-10-15(19)20)11-5-3-2-4-6-11/h1-9,12,18H,10-11H2;3-6,12,14,19H,7-10H2,1-2H3;2-9H,10H2,1H3/t;12-,14-,17-;/m.0./s1. The molecule has 0 fully saturated rings. The van der Waals surface area contributed by atoms with Gasteiger partial charge in [0.1, 0.15) is 18.8 Å². The predicted octanol–water partition coefficient (Wildman–Crippen LogP) is 10.8. The summed E-state index contributed by atoms with van der Waals surface area (Å²) in [5, 5.41) is 12.5. The van der Waals surface area contributed by atoms with Crippen LogP contribution in [0.1, 0.15) is 52.3 Å². The van der Waals surface area contributed by atoms with Crippen LogP contribution in [0.2, 0.25) is 20.1 Å². The number of fused-ring (bicyclic) bond motifs is 1. The molecule has 1 aliphatic carbocycles. The van der Waals surface area contributed by atoms with Crippen LogP contribution >= 0.6 is 46.4 Å². The molecule has 4 atom stereocenters. The van der Waals surface area contributed by atoms with E-state index in [1.165, 1.54) is 11.1 Å². The number of anilines is 1. The van der Waals surface area contributed by atoms with E-state index in [2.05, 4.69) is 34.1 Å². The summed E-state index contributed by atoms with van der Waals surface area (Å²) in [6, 6.07) is 32.5. The van der Waals surface area contributed by atoms with Crippen molar-refractivity contribution in [2.45, 2.75) is 56.3 Å². The Morgan fingerprint density at radius 1 is 0.923 bits per heavy atom. The summed E-state index contributed by atoms with van der Waals surface area (Å²) in [6.07, 6.45) is 10.5. The molecule has 0 saturated heterocycles. The van der Waals surface area contributed by atoms with Crippen LogP contribution in [0.3, 0.4) is 0 Å². The van der Waals surface area contributed by atoms with Gasteiger partial charge in [-0.05, 0) is 79.7 Å². The molecular weight excluding hydrogens is 904 g/mol. The van der Waals surface area contributed by atoms with E-state index in [1.54, 1.807) is 43.7 Å². The lowest BCUT2D eigenvalue weighted by Crippen LogP contribution is -2.42. The first-order valence-electron chi connectivity index (χ1n) is 21.3. The molecule has 336 valence electrons. The normalized spacial score (nSPS) is 20.0. The molecule has 3 aliphatic heterocycles. The number of aliphatic hydroxyl groups excluding tert-OH is 1. The molecule has 0 radical (unpaired) electrons. The molecule has 0 bridgehead atoms. The van der Waals surface area contributed by atoms with Crippen molar-refractivity contribution in [1.29, 1.82) is 0 Å². The molecule has 1 amide bonds. The lowest BCUT2D eigenvalue weighted by molar-refractivity contribution is -0.116. The number of aliphatic imine (C=N–C) groups is 1. The van der Waals surface area contributed by atoms with Crippen molar-refractivity contribution in [3.63, 3.8) is 0 Å². The van der Waals surface area contributed by atoms with Crippen LogP contribution in [-0.4, -0.2) is 77.7 Å². The summed E-state index contributed by atoms with van der Waals surface area (Å²) >= 11 is 24.4. The Bertz CT molecular complexity index is 2680. The Morgan fingerprint density at radius 3 is 2.42 bits per heavy atom. The first-order chi connectivity index (χ1) is 31.4. The number of methoxy groups -OCH3 is 1. The minimum absolute atomic E-state index is 0.00838. The van der Waals surface area contributed by atoms with Crippen molar-refractivity contribution >= 4 is 63.7 Å². The molecule has 4 aliphatic rings. The summed E-state index contributed by atoms with van der Waals surface area (Å²) in [6.45, 7) is 3.16. The molecule has 65 heavy (non-hydrogen) atoms. The maximum Gasteiger partial charge on any atom is 0.248 e. The van der Waals surface area contributed by atoms with Crippen LogP contribution in [0.15, 0.2) is 139 Å². The highest BCUT2D eigenvalue weighted by Gasteiger charge is 2.52. The second kappa shape index (κ2) is 20.6. The maximum absolute atomic E-state index is 12.0. The lowest BCUT2D eigenvalue weighted by Gasteiger charge is -2.35. The Labute approximate surface area is 399 Å². The van der Waals surface area contributed by atoms with Gasteiger partial charge in [0.15, 0.2) is 11.5 Å². The number of aromatic nitrogens is 2. The summed E-state index contributed by atoms with van der Waals surface area (Å²) in [5.74, 6) is 1.66. The van der Waals surface area contributed by atoms with Gasteiger partial charge >= 0.3 is 0 Å². The molecule has 0 saturated carbocycles. The zero-order chi connectivity index (χ0) is 45.7. The number of likely N-dealkylation sites (N-methyl/N-ethyl adjacent to an activating group) is 1. The maximum atomic E-state index is 12.0. The zero-order valence-corrected chi connectivity index (χ0v) is 39.2. The second-order valence-corrected chi connectivity index (χ2v) is 18.1. The molecule has 10 nitrogen and oxygen atoms in total. The van der Waals surface area contributed by atoms with Gasteiger partial charge in [0.25, 0.3) is 0 Å². The number of nitrogens with zero attached hydrogens (tertiary/aromatic N) is 5. The van der Waals surface area contributed by atoms with E-state index in [-0.39, 0.29) is 30.1 Å².